The average Bonchev–Trinajstić information content (AvgIpc) is 3.34. The summed E-state index contributed by atoms with van der Waals surface area (Å²) >= 11 is -0.227. The van der Waals surface area contributed by atoms with Crippen LogP contribution in [-0.2, 0) is 8.92 Å². The van der Waals surface area contributed by atoms with Gasteiger partial charge in [-0.1, -0.05) is 0 Å². The van der Waals surface area contributed by atoms with Crippen molar-refractivity contribution < 1.29 is 44.8 Å². The standard InChI is InChI=1S/2C9H7.2C3H9NOSi.Gd/c2*1-2-5-9-7-3-6-8(9)4-1;2*1-4(2)6(3)5;/h2*1-7H;2*1-3H3;. The van der Waals surface area contributed by atoms with Crippen molar-refractivity contribution in [1.29, 1.82) is 0 Å². The molecule has 166 valence electrons. The number of benzene rings is 2. The monoisotopic (exact) mass is 594 g/mol. The van der Waals surface area contributed by atoms with Crippen LogP contribution in [0.5, 0.6) is 0 Å². The summed E-state index contributed by atoms with van der Waals surface area (Å²) in [6.07, 6.45) is 9.45. The Labute approximate surface area is 209 Å². The molecule has 2 aliphatic carbocycles. The van der Waals surface area contributed by atoms with Crippen molar-refractivity contribution in [3.05, 3.63) is 82.9 Å². The SMILES string of the molecule is C1=C[CH]([Gd][CH]2C=Cc3ccccc32)c2ccccc21.CN(C)[Si](C)=O.CN(C)[Si](C)=O. The Morgan fingerprint density at radius 3 is 1.32 bits per heavy atom. The molecule has 0 N–H and O–H groups in total. The fourth-order valence-corrected chi connectivity index (χ4v) is 6.56. The molecule has 0 aromatic heterocycles. The van der Waals surface area contributed by atoms with Crippen molar-refractivity contribution in [1.82, 2.24) is 9.13 Å². The predicted octanol–water partition coefficient (Wildman–Crippen LogP) is 4.80. The molecule has 0 fully saturated rings. The van der Waals surface area contributed by atoms with Gasteiger partial charge in [-0.25, -0.2) is 0 Å². The first kappa shape index (κ1) is 26.1. The van der Waals surface area contributed by atoms with Gasteiger partial charge in [0.15, 0.2) is 0 Å². The van der Waals surface area contributed by atoms with Crippen LogP contribution in [0.25, 0.3) is 12.2 Å². The molecule has 0 aliphatic heterocycles. The first-order valence-electron chi connectivity index (χ1n) is 10.2. The number of hydrogen-bond donors (Lipinski definition) is 0. The number of hydrogen-bond acceptors (Lipinski definition) is 2. The van der Waals surface area contributed by atoms with Gasteiger partial charge in [-0.05, 0) is 41.3 Å². The van der Waals surface area contributed by atoms with E-state index in [-0.39, 0.29) is 35.9 Å². The molecule has 31 heavy (non-hydrogen) atoms. The summed E-state index contributed by atoms with van der Waals surface area (Å²) in [4.78, 5) is 0. The predicted molar refractivity (Wildman–Crippen MR) is 128 cm³/mol. The van der Waals surface area contributed by atoms with Gasteiger partial charge in [0.1, 0.15) is 0 Å². The van der Waals surface area contributed by atoms with Crippen LogP contribution in [0.15, 0.2) is 60.7 Å². The molecule has 2 atom stereocenters. The smallest absolute Gasteiger partial charge is 0.383 e. The number of rotatable bonds is 4. The van der Waals surface area contributed by atoms with Crippen LogP contribution in [0, 0.1) is 35.9 Å². The van der Waals surface area contributed by atoms with Gasteiger partial charge in [0.2, 0.25) is 0 Å². The molecular formula is C24H32GdN2O2Si2. The fourth-order valence-electron chi connectivity index (χ4n) is 2.74. The summed E-state index contributed by atoms with van der Waals surface area (Å²) in [7, 11) is 4.49. The van der Waals surface area contributed by atoms with Gasteiger partial charge >= 0.3 is 152 Å². The van der Waals surface area contributed by atoms with E-state index in [2.05, 4.69) is 72.8 Å². The van der Waals surface area contributed by atoms with Crippen LogP contribution >= 0.6 is 0 Å². The number of nitrogens with zero attached hydrogens (tertiary/aromatic N) is 2. The van der Waals surface area contributed by atoms with Crippen molar-refractivity contribution in [2.45, 2.75) is 16.5 Å². The van der Waals surface area contributed by atoms with Crippen LogP contribution in [0.4, 0.5) is 0 Å². The number of fused-ring (bicyclic) bond motifs is 2. The average molecular weight is 594 g/mol. The Morgan fingerprint density at radius 2 is 1.00 bits per heavy atom. The van der Waals surface area contributed by atoms with E-state index < -0.39 is 17.7 Å². The first-order valence-corrected chi connectivity index (χ1v) is 16.5. The van der Waals surface area contributed by atoms with E-state index in [0.717, 1.165) is 0 Å². The van der Waals surface area contributed by atoms with Crippen LogP contribution in [0.1, 0.15) is 25.6 Å². The molecule has 4 rings (SSSR count). The first-order chi connectivity index (χ1) is 14.7. The molecule has 0 saturated heterocycles. The van der Waals surface area contributed by atoms with Crippen molar-refractivity contribution in [2.24, 2.45) is 0 Å². The zero-order valence-electron chi connectivity index (χ0n) is 19.1. The Balaban J connectivity index is 0.000000238. The van der Waals surface area contributed by atoms with E-state index in [9.17, 15) is 8.92 Å². The second kappa shape index (κ2) is 12.8. The van der Waals surface area contributed by atoms with E-state index in [0.29, 0.717) is 3.40 Å². The van der Waals surface area contributed by atoms with Gasteiger partial charge in [-0.15, -0.1) is 0 Å². The molecule has 2 aromatic rings. The van der Waals surface area contributed by atoms with Gasteiger partial charge in [-0.2, -0.15) is 0 Å². The maximum atomic E-state index is 10.3. The molecule has 0 spiro atoms. The Bertz CT molecular complexity index is 896. The third-order valence-corrected chi connectivity index (χ3v) is 11.4. The Hall–Kier alpha value is -1.12. The molecule has 4 nitrogen and oxygen atoms in total. The van der Waals surface area contributed by atoms with Crippen LogP contribution in [0.3, 0.4) is 0 Å². The summed E-state index contributed by atoms with van der Waals surface area (Å²) in [5.41, 5.74) is 5.95. The van der Waals surface area contributed by atoms with Crippen molar-refractivity contribution in [3.63, 3.8) is 0 Å². The molecule has 0 heterocycles. The van der Waals surface area contributed by atoms with Gasteiger partial charge in [0.25, 0.3) is 0 Å². The molecule has 2 aliphatic rings. The van der Waals surface area contributed by atoms with E-state index in [4.69, 9.17) is 0 Å². The quantitative estimate of drug-likeness (QED) is 0.478. The second-order valence-electron chi connectivity index (χ2n) is 7.69. The third kappa shape index (κ3) is 8.06. The minimum absolute atomic E-state index is 0.227. The van der Waals surface area contributed by atoms with Crippen molar-refractivity contribution in [3.8, 4) is 0 Å². The van der Waals surface area contributed by atoms with Crippen LogP contribution in [0.2, 0.25) is 13.1 Å². The molecular weight excluding hydrogens is 562 g/mol. The summed E-state index contributed by atoms with van der Waals surface area (Å²) < 4.78 is 25.3. The van der Waals surface area contributed by atoms with Gasteiger partial charge < -0.3 is 18.1 Å². The minimum atomic E-state index is -1.37. The molecule has 0 bridgehead atoms. The van der Waals surface area contributed by atoms with Crippen molar-refractivity contribution in [2.75, 3.05) is 28.2 Å². The third-order valence-electron chi connectivity index (χ3n) is 4.96. The molecule has 0 saturated carbocycles. The summed E-state index contributed by atoms with van der Waals surface area (Å²) in [6, 6.07) is 17.7. The van der Waals surface area contributed by atoms with Gasteiger partial charge in [0, 0.05) is 0 Å². The van der Waals surface area contributed by atoms with Gasteiger partial charge in [-0.3, -0.25) is 0 Å². The molecule has 7 heteroatoms. The fraction of sp³-hybridized carbons (Fsp3) is 0.333. The van der Waals surface area contributed by atoms with E-state index in [1.807, 2.05) is 0 Å². The second-order valence-corrected chi connectivity index (χ2v) is 15.1. The minimum Gasteiger partial charge on any atom is -0.383 e. The topological polar surface area (TPSA) is 40.6 Å². The normalized spacial score (nSPS) is 17.0. The van der Waals surface area contributed by atoms with E-state index in [1.165, 1.54) is 11.1 Å². The molecule has 2 unspecified atom stereocenters. The maximum Gasteiger partial charge on any atom is 0.390 e. The zero-order chi connectivity index (χ0) is 23.0. The van der Waals surface area contributed by atoms with Gasteiger partial charge in [0.05, 0.1) is 0 Å². The van der Waals surface area contributed by atoms with Crippen molar-refractivity contribution >= 4 is 29.8 Å². The Morgan fingerprint density at radius 1 is 0.677 bits per heavy atom. The number of allylic oxidation sites excluding steroid dienone is 2. The molecule has 0 amide bonds. The van der Waals surface area contributed by atoms with E-state index in [1.54, 1.807) is 61.5 Å². The molecule has 2 aromatic carbocycles. The molecule has 0 radical (unpaired) electrons. The Kier molecular flexibility index (Phi) is 10.8. The zero-order valence-corrected chi connectivity index (χ0v) is 23.4. The summed E-state index contributed by atoms with van der Waals surface area (Å²) in [6.45, 7) is 3.43. The summed E-state index contributed by atoms with van der Waals surface area (Å²) in [5, 5.41) is 0. The van der Waals surface area contributed by atoms with Crippen LogP contribution in [-0.4, -0.2) is 55.0 Å². The van der Waals surface area contributed by atoms with E-state index >= 15 is 0 Å². The largest absolute Gasteiger partial charge is 0.390 e. The maximum absolute atomic E-state index is 10.3. The summed E-state index contributed by atoms with van der Waals surface area (Å²) in [5.74, 6) is 0. The van der Waals surface area contributed by atoms with Crippen LogP contribution < -0.4 is 0 Å².